The molecule has 234 valence electrons. The Morgan fingerprint density at radius 1 is 0.978 bits per heavy atom. The van der Waals surface area contributed by atoms with Crippen LogP contribution in [0.1, 0.15) is 37.7 Å². The van der Waals surface area contributed by atoms with E-state index in [0.717, 1.165) is 53.9 Å². The van der Waals surface area contributed by atoms with Gasteiger partial charge in [-0.2, -0.15) is 5.10 Å². The van der Waals surface area contributed by atoms with Crippen LogP contribution in [0.5, 0.6) is 0 Å². The quantitative estimate of drug-likeness (QED) is 0.161. The van der Waals surface area contributed by atoms with Gasteiger partial charge in [-0.05, 0) is 66.9 Å². The number of nitrogens with zero attached hydrogens (tertiary/aromatic N) is 4. The molecule has 0 spiro atoms. The molecule has 1 aliphatic rings. The van der Waals surface area contributed by atoms with Crippen LogP contribution in [0.25, 0.3) is 55.8 Å². The standard InChI is InChI=1S/C33H31FN8O3S/c1-46(44,45)37-16-19-11-21(13-23(34)12-19)30-25-15-29(39-27(25)9-10-36-30)32-31-28(41-42-32)8-7-26(40-31)22-14-24(18-35-17-22)38-33(43)20-5-3-2-4-6-20/h7-15,17-18,20,37,39H,2-6,16H2,1H3,(H,38,43)(H,41,42). The SMILES string of the molecule is CS(=O)(=O)NCc1cc(F)cc(-c2nccc3[nH]c(-c4n[nH]c5ccc(-c6cncc(NC(=O)C7CCCCC7)c6)nc45)cc23)c1. The van der Waals surface area contributed by atoms with Gasteiger partial charge in [-0.15, -0.1) is 0 Å². The van der Waals surface area contributed by atoms with E-state index in [-0.39, 0.29) is 18.4 Å². The number of fused-ring (bicyclic) bond motifs is 2. The van der Waals surface area contributed by atoms with Crippen LogP contribution in [-0.2, 0) is 21.4 Å². The minimum Gasteiger partial charge on any atom is -0.353 e. The summed E-state index contributed by atoms with van der Waals surface area (Å²) in [6.45, 7) is -0.0451. The smallest absolute Gasteiger partial charge is 0.227 e. The highest BCUT2D eigenvalue weighted by Gasteiger charge is 2.22. The second-order valence-electron chi connectivity index (χ2n) is 11.7. The number of nitrogens with one attached hydrogen (secondary N) is 4. The maximum Gasteiger partial charge on any atom is 0.227 e. The first-order chi connectivity index (χ1) is 22.2. The van der Waals surface area contributed by atoms with Crippen LogP contribution in [0.3, 0.4) is 0 Å². The molecule has 4 N–H and O–H groups in total. The van der Waals surface area contributed by atoms with Gasteiger partial charge in [-0.3, -0.25) is 19.9 Å². The van der Waals surface area contributed by atoms with Gasteiger partial charge in [-0.1, -0.05) is 19.3 Å². The van der Waals surface area contributed by atoms with Gasteiger partial charge in [0.1, 0.15) is 17.0 Å². The van der Waals surface area contributed by atoms with Crippen molar-refractivity contribution in [2.45, 2.75) is 38.6 Å². The van der Waals surface area contributed by atoms with Gasteiger partial charge < -0.3 is 10.3 Å². The number of benzene rings is 1. The van der Waals surface area contributed by atoms with Crippen LogP contribution in [-0.4, -0.2) is 50.7 Å². The van der Waals surface area contributed by atoms with E-state index in [9.17, 15) is 17.6 Å². The topological polar surface area (TPSA) is 158 Å². The van der Waals surface area contributed by atoms with Gasteiger partial charge in [-0.25, -0.2) is 22.5 Å². The predicted octanol–water partition coefficient (Wildman–Crippen LogP) is 5.94. The van der Waals surface area contributed by atoms with Gasteiger partial charge in [0.25, 0.3) is 0 Å². The third-order valence-corrected chi connectivity index (χ3v) is 8.93. The summed E-state index contributed by atoms with van der Waals surface area (Å²) in [6, 6.07) is 13.7. The molecule has 1 fully saturated rings. The number of carbonyl (C=O) groups excluding carboxylic acids is 1. The number of pyridine rings is 3. The molecule has 0 saturated heterocycles. The number of hydrogen-bond acceptors (Lipinski definition) is 7. The highest BCUT2D eigenvalue weighted by atomic mass is 32.2. The number of H-pyrrole nitrogens is 2. The van der Waals surface area contributed by atoms with Crippen molar-refractivity contribution in [2.24, 2.45) is 5.92 Å². The molecule has 1 aromatic carbocycles. The molecule has 0 atom stereocenters. The number of aromatic amines is 2. The Morgan fingerprint density at radius 3 is 2.65 bits per heavy atom. The number of rotatable bonds is 8. The maximum absolute atomic E-state index is 14.6. The lowest BCUT2D eigenvalue weighted by molar-refractivity contribution is -0.120. The fraction of sp³-hybridized carbons (Fsp3) is 0.242. The first-order valence-electron chi connectivity index (χ1n) is 15.0. The van der Waals surface area contributed by atoms with Crippen molar-refractivity contribution in [1.82, 2.24) is 34.9 Å². The summed E-state index contributed by atoms with van der Waals surface area (Å²) in [7, 11) is -3.45. The molecule has 0 radical (unpaired) electrons. The van der Waals surface area contributed by atoms with E-state index >= 15 is 0 Å². The fourth-order valence-corrected chi connectivity index (χ4v) is 6.45. The van der Waals surface area contributed by atoms with Crippen molar-refractivity contribution in [2.75, 3.05) is 11.6 Å². The lowest BCUT2D eigenvalue weighted by Crippen LogP contribution is -2.24. The molecule has 7 rings (SSSR count). The average Bonchev–Trinajstić information content (AvgIpc) is 3.68. The van der Waals surface area contributed by atoms with Crippen LogP contribution in [0.4, 0.5) is 10.1 Å². The molecule has 5 heterocycles. The molecule has 46 heavy (non-hydrogen) atoms. The zero-order valence-electron chi connectivity index (χ0n) is 25.0. The number of aromatic nitrogens is 6. The lowest BCUT2D eigenvalue weighted by Gasteiger charge is -2.20. The van der Waals surface area contributed by atoms with Crippen LogP contribution >= 0.6 is 0 Å². The number of amides is 1. The van der Waals surface area contributed by atoms with E-state index in [1.165, 1.54) is 18.6 Å². The highest BCUT2D eigenvalue weighted by molar-refractivity contribution is 7.88. The van der Waals surface area contributed by atoms with Gasteiger partial charge in [0.05, 0.1) is 40.7 Å². The molecule has 1 amide bonds. The van der Waals surface area contributed by atoms with Crippen molar-refractivity contribution in [3.05, 3.63) is 78.5 Å². The summed E-state index contributed by atoms with van der Waals surface area (Å²) in [5, 5.41) is 11.4. The van der Waals surface area contributed by atoms with Crippen molar-refractivity contribution < 1.29 is 17.6 Å². The molecule has 0 bridgehead atoms. The number of hydrogen-bond donors (Lipinski definition) is 4. The fourth-order valence-electron chi connectivity index (χ4n) is 6.02. The molecule has 0 unspecified atom stereocenters. The van der Waals surface area contributed by atoms with E-state index in [1.54, 1.807) is 24.7 Å². The van der Waals surface area contributed by atoms with E-state index in [4.69, 9.17) is 4.98 Å². The average molecular weight is 639 g/mol. The summed E-state index contributed by atoms with van der Waals surface area (Å²) >= 11 is 0. The molecule has 5 aromatic heterocycles. The Hall–Kier alpha value is -5.01. The Bertz CT molecular complexity index is 2210. The molecule has 11 nitrogen and oxygen atoms in total. The molecule has 1 saturated carbocycles. The first-order valence-corrected chi connectivity index (χ1v) is 16.9. The van der Waals surface area contributed by atoms with Crippen LogP contribution in [0, 0.1) is 11.7 Å². The minimum absolute atomic E-state index is 0.0342. The Morgan fingerprint density at radius 2 is 1.83 bits per heavy atom. The van der Waals surface area contributed by atoms with Crippen molar-refractivity contribution in [3.8, 4) is 33.9 Å². The van der Waals surface area contributed by atoms with E-state index < -0.39 is 15.8 Å². The zero-order chi connectivity index (χ0) is 31.8. The summed E-state index contributed by atoms with van der Waals surface area (Å²) < 4.78 is 40.2. The first kappa shape index (κ1) is 29.7. The van der Waals surface area contributed by atoms with Gasteiger partial charge >= 0.3 is 0 Å². The summed E-state index contributed by atoms with van der Waals surface area (Å²) in [5.74, 6) is -0.432. The van der Waals surface area contributed by atoms with Crippen molar-refractivity contribution in [1.29, 1.82) is 0 Å². The monoisotopic (exact) mass is 638 g/mol. The van der Waals surface area contributed by atoms with E-state index in [1.807, 2.05) is 30.3 Å². The predicted molar refractivity (Wildman–Crippen MR) is 174 cm³/mol. The van der Waals surface area contributed by atoms with Gasteiger partial charge in [0, 0.05) is 46.9 Å². The van der Waals surface area contributed by atoms with Crippen LogP contribution in [0.15, 0.2) is 67.1 Å². The number of halogens is 1. The largest absolute Gasteiger partial charge is 0.353 e. The second kappa shape index (κ2) is 12.1. The number of sulfonamides is 1. The van der Waals surface area contributed by atoms with E-state index in [0.29, 0.717) is 45.1 Å². The lowest BCUT2D eigenvalue weighted by atomic mass is 9.88. The zero-order valence-corrected chi connectivity index (χ0v) is 25.8. The highest BCUT2D eigenvalue weighted by Crippen LogP contribution is 2.34. The third-order valence-electron chi connectivity index (χ3n) is 8.26. The Kier molecular flexibility index (Phi) is 7.79. The maximum atomic E-state index is 14.6. The Balaban J connectivity index is 1.21. The van der Waals surface area contributed by atoms with Crippen LogP contribution in [0.2, 0.25) is 0 Å². The van der Waals surface area contributed by atoms with Crippen molar-refractivity contribution >= 4 is 43.6 Å². The minimum atomic E-state index is -3.45. The molecular weight excluding hydrogens is 607 g/mol. The van der Waals surface area contributed by atoms with Gasteiger partial charge in [0.15, 0.2) is 0 Å². The molecule has 13 heteroatoms. The molecule has 0 aliphatic heterocycles. The number of anilines is 1. The van der Waals surface area contributed by atoms with E-state index in [2.05, 4.69) is 35.2 Å². The van der Waals surface area contributed by atoms with Crippen LogP contribution < -0.4 is 10.0 Å². The number of carbonyl (C=O) groups is 1. The second-order valence-corrected chi connectivity index (χ2v) is 13.5. The van der Waals surface area contributed by atoms with Crippen molar-refractivity contribution in [3.63, 3.8) is 0 Å². The summed E-state index contributed by atoms with van der Waals surface area (Å²) in [5.41, 5.74) is 6.97. The molecule has 6 aromatic rings. The van der Waals surface area contributed by atoms with Gasteiger partial charge in [0.2, 0.25) is 15.9 Å². The molecule has 1 aliphatic carbocycles. The third kappa shape index (κ3) is 6.24. The normalized spacial score (nSPS) is 14.2. The summed E-state index contributed by atoms with van der Waals surface area (Å²) in [6.07, 6.45) is 11.2. The Labute approximate surface area is 264 Å². The molecular formula is C33H31FN8O3S. The summed E-state index contributed by atoms with van der Waals surface area (Å²) in [4.78, 5) is 30.0.